The first-order valence-corrected chi connectivity index (χ1v) is 5.99. The summed E-state index contributed by atoms with van der Waals surface area (Å²) in [6.45, 7) is 1.96. The van der Waals surface area contributed by atoms with Crippen LogP contribution in [0.25, 0.3) is 0 Å². The van der Waals surface area contributed by atoms with Crippen molar-refractivity contribution in [2.75, 3.05) is 13.6 Å². The van der Waals surface area contributed by atoms with E-state index < -0.39 is 5.38 Å². The van der Waals surface area contributed by atoms with Gasteiger partial charge in [0.15, 0.2) is 0 Å². The summed E-state index contributed by atoms with van der Waals surface area (Å²) in [6, 6.07) is 3.70. The Morgan fingerprint density at radius 3 is 2.83 bits per heavy atom. The molecule has 98 valence electrons. The minimum absolute atomic E-state index is 0.0490. The minimum atomic E-state index is -0.638. The van der Waals surface area contributed by atoms with E-state index in [0.717, 1.165) is 5.56 Å². The molecule has 5 nitrogen and oxygen atoms in total. The summed E-state index contributed by atoms with van der Waals surface area (Å²) in [5.41, 5.74) is 0.936. The van der Waals surface area contributed by atoms with Crippen LogP contribution in [0.5, 0.6) is 0 Å². The largest absolute Gasteiger partial charge is 0.346 e. The fraction of sp³-hybridized carbons (Fsp3) is 0.417. The van der Waals surface area contributed by atoms with Gasteiger partial charge in [-0.2, -0.15) is 0 Å². The van der Waals surface area contributed by atoms with Crippen molar-refractivity contribution in [1.29, 1.82) is 0 Å². The fourth-order valence-corrected chi connectivity index (χ4v) is 1.37. The van der Waals surface area contributed by atoms with E-state index in [2.05, 4.69) is 10.3 Å². The van der Waals surface area contributed by atoms with Gasteiger partial charge in [0.1, 0.15) is 5.38 Å². The maximum atomic E-state index is 11.7. The van der Waals surface area contributed by atoms with Crippen LogP contribution in [0.3, 0.4) is 0 Å². The second-order valence-corrected chi connectivity index (χ2v) is 4.60. The molecule has 1 aromatic rings. The molecule has 0 bridgehead atoms. The van der Waals surface area contributed by atoms with Crippen molar-refractivity contribution in [1.82, 2.24) is 15.2 Å². The fourth-order valence-electron chi connectivity index (χ4n) is 1.29. The van der Waals surface area contributed by atoms with Crippen LogP contribution in [0.4, 0.5) is 0 Å². The number of carbonyl (C=O) groups excluding carboxylic acids is 2. The quantitative estimate of drug-likeness (QED) is 0.804. The molecule has 0 aliphatic heterocycles. The summed E-state index contributed by atoms with van der Waals surface area (Å²) in [7, 11) is 1.67. The summed E-state index contributed by atoms with van der Waals surface area (Å²) in [4.78, 5) is 28.4. The standard InChI is InChI=1S/C12H16ClN3O2/c1-9(13)12(18)15-7-11(17)16(2)8-10-4-3-5-14-6-10/h3-6,9H,7-8H2,1-2H3,(H,15,18). The second kappa shape index (κ2) is 6.96. The molecule has 0 aliphatic rings. The molecular formula is C12H16ClN3O2. The van der Waals surface area contributed by atoms with Crippen molar-refractivity contribution < 1.29 is 9.59 Å². The van der Waals surface area contributed by atoms with E-state index in [4.69, 9.17) is 11.6 Å². The smallest absolute Gasteiger partial charge is 0.242 e. The highest BCUT2D eigenvalue weighted by atomic mass is 35.5. The summed E-state index contributed by atoms with van der Waals surface area (Å²) in [5.74, 6) is -0.524. The first-order chi connectivity index (χ1) is 8.50. The number of alkyl halides is 1. The van der Waals surface area contributed by atoms with Crippen LogP contribution in [0.1, 0.15) is 12.5 Å². The summed E-state index contributed by atoms with van der Waals surface area (Å²) in [5, 5.41) is 1.83. The van der Waals surface area contributed by atoms with E-state index in [0.29, 0.717) is 6.54 Å². The third-order valence-electron chi connectivity index (χ3n) is 2.34. The van der Waals surface area contributed by atoms with Gasteiger partial charge in [-0.1, -0.05) is 6.07 Å². The van der Waals surface area contributed by atoms with Crippen LogP contribution < -0.4 is 5.32 Å². The van der Waals surface area contributed by atoms with Crippen molar-refractivity contribution in [2.45, 2.75) is 18.8 Å². The number of likely N-dealkylation sites (N-methyl/N-ethyl adjacent to an activating group) is 1. The average Bonchev–Trinajstić information content (AvgIpc) is 2.36. The van der Waals surface area contributed by atoms with Gasteiger partial charge < -0.3 is 10.2 Å². The van der Waals surface area contributed by atoms with Crippen molar-refractivity contribution in [3.63, 3.8) is 0 Å². The molecular weight excluding hydrogens is 254 g/mol. The first kappa shape index (κ1) is 14.4. The zero-order chi connectivity index (χ0) is 13.5. The Hall–Kier alpha value is -1.62. The maximum absolute atomic E-state index is 11.7. The summed E-state index contributed by atoms with van der Waals surface area (Å²) < 4.78 is 0. The van der Waals surface area contributed by atoms with E-state index in [9.17, 15) is 9.59 Å². The number of rotatable bonds is 5. The highest BCUT2D eigenvalue weighted by Gasteiger charge is 2.13. The summed E-state index contributed by atoms with van der Waals surface area (Å²) in [6.07, 6.45) is 3.37. The van der Waals surface area contributed by atoms with Crippen LogP contribution in [-0.2, 0) is 16.1 Å². The Morgan fingerprint density at radius 1 is 1.56 bits per heavy atom. The lowest BCUT2D eigenvalue weighted by Gasteiger charge is -2.17. The Bertz CT molecular complexity index is 409. The molecule has 18 heavy (non-hydrogen) atoms. The molecule has 0 aromatic carbocycles. The molecule has 0 radical (unpaired) electrons. The zero-order valence-corrected chi connectivity index (χ0v) is 11.1. The molecule has 1 heterocycles. The Labute approximate surface area is 111 Å². The maximum Gasteiger partial charge on any atom is 0.242 e. The number of nitrogens with one attached hydrogen (secondary N) is 1. The second-order valence-electron chi connectivity index (χ2n) is 3.94. The number of pyridine rings is 1. The van der Waals surface area contributed by atoms with E-state index in [1.807, 2.05) is 12.1 Å². The van der Waals surface area contributed by atoms with Crippen LogP contribution in [0.15, 0.2) is 24.5 Å². The van der Waals surface area contributed by atoms with Crippen LogP contribution in [0.2, 0.25) is 0 Å². The molecule has 0 spiro atoms. The van der Waals surface area contributed by atoms with Crippen LogP contribution in [0, 0.1) is 0 Å². The van der Waals surface area contributed by atoms with Gasteiger partial charge in [-0.3, -0.25) is 14.6 Å². The highest BCUT2D eigenvalue weighted by molar-refractivity contribution is 6.30. The van der Waals surface area contributed by atoms with Gasteiger partial charge in [-0.05, 0) is 18.6 Å². The van der Waals surface area contributed by atoms with E-state index in [1.165, 1.54) is 4.90 Å². The number of nitrogens with zero attached hydrogens (tertiary/aromatic N) is 2. The van der Waals surface area contributed by atoms with E-state index >= 15 is 0 Å². The Balaban J connectivity index is 2.40. The van der Waals surface area contributed by atoms with Crippen molar-refractivity contribution >= 4 is 23.4 Å². The summed E-state index contributed by atoms with van der Waals surface area (Å²) >= 11 is 5.58. The molecule has 6 heteroatoms. The number of hydrogen-bond acceptors (Lipinski definition) is 3. The van der Waals surface area contributed by atoms with Crippen molar-refractivity contribution in [3.05, 3.63) is 30.1 Å². The minimum Gasteiger partial charge on any atom is -0.346 e. The molecule has 1 aromatic heterocycles. The topological polar surface area (TPSA) is 62.3 Å². The Kier molecular flexibility index (Phi) is 5.58. The van der Waals surface area contributed by atoms with Gasteiger partial charge >= 0.3 is 0 Å². The number of halogens is 1. The number of aromatic nitrogens is 1. The first-order valence-electron chi connectivity index (χ1n) is 5.55. The van der Waals surface area contributed by atoms with Crippen molar-refractivity contribution in [2.24, 2.45) is 0 Å². The van der Waals surface area contributed by atoms with Gasteiger partial charge in [0, 0.05) is 26.0 Å². The lowest BCUT2D eigenvalue weighted by Crippen LogP contribution is -2.40. The highest BCUT2D eigenvalue weighted by Crippen LogP contribution is 2.00. The number of carbonyl (C=O) groups is 2. The predicted octanol–water partition coefficient (Wildman–Crippen LogP) is 0.783. The van der Waals surface area contributed by atoms with Gasteiger partial charge in [-0.25, -0.2) is 0 Å². The molecule has 1 unspecified atom stereocenters. The average molecular weight is 270 g/mol. The molecule has 1 atom stereocenters. The molecule has 0 fully saturated rings. The molecule has 0 saturated heterocycles. The molecule has 0 saturated carbocycles. The number of amides is 2. The lowest BCUT2D eigenvalue weighted by atomic mass is 10.2. The molecule has 0 aliphatic carbocycles. The van der Waals surface area contributed by atoms with Crippen LogP contribution in [-0.4, -0.2) is 40.7 Å². The predicted molar refractivity (Wildman–Crippen MR) is 69.0 cm³/mol. The van der Waals surface area contributed by atoms with Gasteiger partial charge in [0.25, 0.3) is 0 Å². The van der Waals surface area contributed by atoms with E-state index in [1.54, 1.807) is 26.4 Å². The van der Waals surface area contributed by atoms with Crippen LogP contribution >= 0.6 is 11.6 Å². The third-order valence-corrected chi connectivity index (χ3v) is 2.54. The van der Waals surface area contributed by atoms with Gasteiger partial charge in [0.05, 0.1) is 6.54 Å². The SMILES string of the molecule is CC(Cl)C(=O)NCC(=O)N(C)Cc1cccnc1. The normalized spacial score (nSPS) is 11.7. The van der Waals surface area contributed by atoms with E-state index in [-0.39, 0.29) is 18.4 Å². The monoisotopic (exact) mass is 269 g/mol. The molecule has 2 amide bonds. The third kappa shape index (κ3) is 4.71. The molecule has 1 rings (SSSR count). The van der Waals surface area contributed by atoms with Gasteiger partial charge in [-0.15, -0.1) is 11.6 Å². The zero-order valence-electron chi connectivity index (χ0n) is 10.4. The van der Waals surface area contributed by atoms with Gasteiger partial charge in [0.2, 0.25) is 11.8 Å². The van der Waals surface area contributed by atoms with Crippen molar-refractivity contribution in [3.8, 4) is 0 Å². The lowest BCUT2D eigenvalue weighted by molar-refractivity contribution is -0.132. The number of hydrogen-bond donors (Lipinski definition) is 1. The molecule has 1 N–H and O–H groups in total. The Morgan fingerprint density at radius 2 is 2.28 bits per heavy atom.